The SMILES string of the molecule is C[C@H](NC(=O)OCC1c2ccccc2-c2ccccc21)C(=O)Oc1ccc(C#N)cc1. The topological polar surface area (TPSA) is 88.4 Å². The van der Waals surface area contributed by atoms with Crippen LogP contribution >= 0.6 is 0 Å². The molecule has 3 aromatic rings. The van der Waals surface area contributed by atoms with Crippen molar-refractivity contribution >= 4 is 12.1 Å². The monoisotopic (exact) mass is 412 g/mol. The molecule has 1 N–H and O–H groups in total. The largest absolute Gasteiger partial charge is 0.449 e. The number of nitrogens with one attached hydrogen (secondary N) is 1. The van der Waals surface area contributed by atoms with Crippen LogP contribution in [-0.4, -0.2) is 24.7 Å². The van der Waals surface area contributed by atoms with Gasteiger partial charge in [-0.3, -0.25) is 0 Å². The molecular weight excluding hydrogens is 392 g/mol. The van der Waals surface area contributed by atoms with E-state index in [2.05, 4.69) is 17.4 Å². The van der Waals surface area contributed by atoms with Crippen LogP contribution in [0, 0.1) is 11.3 Å². The van der Waals surface area contributed by atoms with Crippen molar-refractivity contribution in [2.45, 2.75) is 18.9 Å². The third-order valence-corrected chi connectivity index (χ3v) is 5.23. The lowest BCUT2D eigenvalue weighted by Crippen LogP contribution is -2.41. The number of nitrogens with zero attached hydrogens (tertiary/aromatic N) is 1. The van der Waals surface area contributed by atoms with Crippen molar-refractivity contribution in [1.29, 1.82) is 5.26 Å². The first-order valence-corrected chi connectivity index (χ1v) is 9.90. The molecule has 0 spiro atoms. The Hall–Kier alpha value is -4.11. The molecule has 0 unspecified atom stereocenters. The minimum atomic E-state index is -0.897. The lowest BCUT2D eigenvalue weighted by Gasteiger charge is -2.16. The number of alkyl carbamates (subject to hydrolysis) is 1. The maximum absolute atomic E-state index is 12.3. The molecule has 0 saturated carbocycles. The maximum atomic E-state index is 12.3. The zero-order valence-corrected chi connectivity index (χ0v) is 16.9. The molecule has 31 heavy (non-hydrogen) atoms. The fraction of sp³-hybridized carbons (Fsp3) is 0.160. The van der Waals surface area contributed by atoms with Gasteiger partial charge in [0.15, 0.2) is 0 Å². The molecular formula is C25H20N2O4. The van der Waals surface area contributed by atoms with Crippen LogP contribution in [0.15, 0.2) is 72.8 Å². The van der Waals surface area contributed by atoms with Gasteiger partial charge < -0.3 is 14.8 Å². The van der Waals surface area contributed by atoms with Gasteiger partial charge in [0.1, 0.15) is 18.4 Å². The van der Waals surface area contributed by atoms with Crippen molar-refractivity contribution in [3.05, 3.63) is 89.5 Å². The van der Waals surface area contributed by atoms with Gasteiger partial charge in [0.05, 0.1) is 11.6 Å². The van der Waals surface area contributed by atoms with Gasteiger partial charge in [-0.2, -0.15) is 5.26 Å². The Bertz CT molecular complexity index is 1120. The summed E-state index contributed by atoms with van der Waals surface area (Å²) in [5.74, 6) is -0.387. The average Bonchev–Trinajstić information content (AvgIpc) is 3.12. The van der Waals surface area contributed by atoms with Crippen molar-refractivity contribution in [2.24, 2.45) is 0 Å². The molecule has 1 aliphatic rings. The fourth-order valence-corrected chi connectivity index (χ4v) is 3.68. The number of benzene rings is 3. The quantitative estimate of drug-likeness (QED) is 0.496. The van der Waals surface area contributed by atoms with Crippen molar-refractivity contribution in [3.8, 4) is 22.9 Å². The Labute approximate surface area is 180 Å². The molecule has 4 rings (SSSR count). The molecule has 6 nitrogen and oxygen atoms in total. The molecule has 1 atom stereocenters. The van der Waals surface area contributed by atoms with E-state index in [4.69, 9.17) is 14.7 Å². The van der Waals surface area contributed by atoms with Crippen LogP contribution in [0.1, 0.15) is 29.5 Å². The second kappa shape index (κ2) is 8.72. The van der Waals surface area contributed by atoms with Gasteiger partial charge >= 0.3 is 12.1 Å². The molecule has 0 saturated heterocycles. The van der Waals surface area contributed by atoms with E-state index in [1.807, 2.05) is 42.5 Å². The number of esters is 1. The van der Waals surface area contributed by atoms with Gasteiger partial charge in [-0.1, -0.05) is 48.5 Å². The Morgan fingerprint density at radius 3 is 2.13 bits per heavy atom. The Kier molecular flexibility index (Phi) is 5.67. The second-order valence-electron chi connectivity index (χ2n) is 7.25. The zero-order valence-electron chi connectivity index (χ0n) is 16.9. The lowest BCUT2D eigenvalue weighted by molar-refractivity contribution is -0.136. The highest BCUT2D eigenvalue weighted by molar-refractivity contribution is 5.83. The van der Waals surface area contributed by atoms with Crippen molar-refractivity contribution in [2.75, 3.05) is 6.61 Å². The van der Waals surface area contributed by atoms with Crippen LogP contribution in [0.25, 0.3) is 11.1 Å². The normalized spacial score (nSPS) is 12.8. The fourth-order valence-electron chi connectivity index (χ4n) is 3.68. The predicted molar refractivity (Wildman–Crippen MR) is 114 cm³/mol. The van der Waals surface area contributed by atoms with Gasteiger partial charge in [-0.05, 0) is 53.4 Å². The summed E-state index contributed by atoms with van der Waals surface area (Å²) >= 11 is 0. The number of fused-ring (bicyclic) bond motifs is 3. The number of amides is 1. The molecule has 0 aromatic heterocycles. The van der Waals surface area contributed by atoms with E-state index in [1.165, 1.54) is 19.1 Å². The highest BCUT2D eigenvalue weighted by Gasteiger charge is 2.29. The molecule has 154 valence electrons. The van der Waals surface area contributed by atoms with Gasteiger partial charge in [-0.25, -0.2) is 9.59 Å². The molecule has 0 radical (unpaired) electrons. The highest BCUT2D eigenvalue weighted by atomic mass is 16.6. The minimum Gasteiger partial charge on any atom is -0.449 e. The number of hydrogen-bond donors (Lipinski definition) is 1. The number of hydrogen-bond acceptors (Lipinski definition) is 5. The summed E-state index contributed by atoms with van der Waals surface area (Å²) < 4.78 is 10.7. The molecule has 3 aromatic carbocycles. The maximum Gasteiger partial charge on any atom is 0.407 e. The Morgan fingerprint density at radius 2 is 1.55 bits per heavy atom. The molecule has 6 heteroatoms. The molecule has 0 fully saturated rings. The number of carbonyl (C=O) groups is 2. The molecule has 1 aliphatic carbocycles. The predicted octanol–water partition coefficient (Wildman–Crippen LogP) is 4.39. The summed E-state index contributed by atoms with van der Waals surface area (Å²) in [6.07, 6.45) is -0.689. The van der Waals surface area contributed by atoms with E-state index in [-0.39, 0.29) is 12.5 Å². The minimum absolute atomic E-state index is 0.0564. The molecule has 0 aliphatic heterocycles. The number of carbonyl (C=O) groups excluding carboxylic acids is 2. The van der Waals surface area contributed by atoms with Crippen LogP contribution in [0.3, 0.4) is 0 Å². The van der Waals surface area contributed by atoms with Gasteiger partial charge in [0.2, 0.25) is 0 Å². The first-order valence-electron chi connectivity index (χ1n) is 9.90. The van der Waals surface area contributed by atoms with Crippen molar-refractivity contribution in [1.82, 2.24) is 5.32 Å². The summed E-state index contributed by atoms with van der Waals surface area (Å²) in [5.41, 5.74) is 4.98. The van der Waals surface area contributed by atoms with Crippen LogP contribution in [0.2, 0.25) is 0 Å². The Morgan fingerprint density at radius 1 is 0.968 bits per heavy atom. The van der Waals surface area contributed by atoms with Crippen LogP contribution in [0.5, 0.6) is 5.75 Å². The summed E-state index contributed by atoms with van der Waals surface area (Å²) in [6.45, 7) is 1.69. The van der Waals surface area contributed by atoms with E-state index < -0.39 is 18.1 Å². The lowest BCUT2D eigenvalue weighted by atomic mass is 9.98. The average molecular weight is 412 g/mol. The third-order valence-electron chi connectivity index (χ3n) is 5.23. The van der Waals surface area contributed by atoms with E-state index in [1.54, 1.807) is 12.1 Å². The smallest absolute Gasteiger partial charge is 0.407 e. The first kappa shape index (κ1) is 20.2. The van der Waals surface area contributed by atoms with Gasteiger partial charge in [0, 0.05) is 5.92 Å². The number of nitriles is 1. The van der Waals surface area contributed by atoms with Gasteiger partial charge in [-0.15, -0.1) is 0 Å². The standard InChI is InChI=1S/C25H20N2O4/c1-16(24(28)31-18-12-10-17(14-26)11-13-18)27-25(29)30-15-23-21-8-4-2-6-19(21)20-7-3-5-9-22(20)23/h2-13,16,23H,15H2,1H3,(H,27,29)/t16-/m0/s1. The summed E-state index contributed by atoms with van der Waals surface area (Å²) in [4.78, 5) is 24.5. The molecule has 0 bridgehead atoms. The molecule has 0 heterocycles. The summed E-state index contributed by atoms with van der Waals surface area (Å²) in [5, 5.41) is 11.3. The van der Waals surface area contributed by atoms with E-state index in [0.29, 0.717) is 11.3 Å². The highest BCUT2D eigenvalue weighted by Crippen LogP contribution is 2.44. The van der Waals surface area contributed by atoms with Crippen molar-refractivity contribution < 1.29 is 19.1 Å². The third kappa shape index (κ3) is 4.26. The first-order chi connectivity index (χ1) is 15.1. The van der Waals surface area contributed by atoms with Crippen molar-refractivity contribution in [3.63, 3.8) is 0 Å². The van der Waals surface area contributed by atoms with Crippen LogP contribution in [-0.2, 0) is 9.53 Å². The van der Waals surface area contributed by atoms with Gasteiger partial charge in [0.25, 0.3) is 0 Å². The van der Waals surface area contributed by atoms with E-state index in [0.717, 1.165) is 22.3 Å². The van der Waals surface area contributed by atoms with Crippen LogP contribution in [0.4, 0.5) is 4.79 Å². The zero-order chi connectivity index (χ0) is 21.8. The second-order valence-corrected chi connectivity index (χ2v) is 7.25. The summed E-state index contributed by atoms with van der Waals surface area (Å²) in [7, 11) is 0. The number of rotatable bonds is 5. The van der Waals surface area contributed by atoms with Crippen LogP contribution < -0.4 is 10.1 Å². The van der Waals surface area contributed by atoms with E-state index in [9.17, 15) is 9.59 Å². The summed E-state index contributed by atoms with van der Waals surface area (Å²) in [6, 6.07) is 23.4. The molecule has 1 amide bonds. The Balaban J connectivity index is 1.35. The number of ether oxygens (including phenoxy) is 2. The van der Waals surface area contributed by atoms with E-state index >= 15 is 0 Å².